The van der Waals surface area contributed by atoms with Crippen LogP contribution in [0.25, 0.3) is 0 Å². The SMILES string of the molecule is C.C.C.C.C.C.C.C.C.C.C.C.C.C.C.C.C.C.O.O.O.O=C=O.O=C=O.O=[C-]O.O=[C-]O.O=[C-]O.O=[Si-]O.O=[Si]([O-])O[O-].O=[Si]=O.O=[Si]=O.S.[Al].[Ca+2].[Ca+2].[Ca+2].[Ca+2].[Li+].[Li+].[Li][Li].[OH-].[OH-].[OH-].[OH-].[O]=[Al].[O]=[Ca].[S]=[Ca]. The molecule has 0 aliphatic heterocycles. The van der Waals surface area contributed by atoms with Crippen LogP contribution >= 0.6 is 20.1 Å². The standard InChI is InChI=1S/3CHO2.2CO2.18CH4.2Al.6Ca.4Li.HO4Si.HO2Si.2O2Si.7H2O.2O.H2S.S/c5*2-1-3;;;;;;;;;;;;;;;;;;;;;;;;;;;;;;;1-4-5(2)3;3*1-3-2;;;;;;;;;;;/h3*(H,2,3);;;18*1H4;;;;;;;;;;;;;1H;1H;;;7*1H2;;;1H2;/q3*-1;;;;;;;;;;;;;;;;;;;;;;;;;4*+2;;;2*+1;2*-1;;;;;;;;;;;;;/p-5. The molecule has 0 bridgehead atoms. The van der Waals surface area contributed by atoms with E-state index < -0.39 is 37.4 Å². The number of carbonyl (C=O) groups excluding carboxylic acids is 4. The van der Waals surface area contributed by atoms with Crippen molar-refractivity contribution in [3.05, 3.63) is 0 Å². The molecule has 0 saturated carbocycles. The summed E-state index contributed by atoms with van der Waals surface area (Å²) in [7, 11) is -7.43. The molecule has 404 valence electrons. The van der Waals surface area contributed by atoms with E-state index in [1.807, 2.05) is 30.8 Å². The molecule has 0 aliphatic rings. The fourth-order valence-electron chi connectivity index (χ4n) is 0. The van der Waals surface area contributed by atoms with E-state index >= 15 is 0 Å². The molecular formula is C23H88Al2Ca6Li4O29S2Si4. The molecule has 0 unspecified atom stereocenters. The molecule has 0 heterocycles. The summed E-state index contributed by atoms with van der Waals surface area (Å²) < 4.78 is 70.1. The van der Waals surface area contributed by atoms with Gasteiger partial charge in [0.25, 0.3) is 0 Å². The molecule has 4 radical (unpaired) electrons. The first-order valence-corrected chi connectivity index (χ1v) is 14.3. The van der Waals surface area contributed by atoms with Gasteiger partial charge in [0.05, 0.1) is 9.65 Å². The Morgan fingerprint density at radius 3 is 0.571 bits per heavy atom. The average Bonchev–Trinajstić information content (AvgIpc) is 2.88. The third kappa shape index (κ3) is 4980. The van der Waals surface area contributed by atoms with Gasteiger partial charge in [-0.1, -0.05) is 153 Å². The van der Waals surface area contributed by atoms with Crippen LogP contribution in [-0.4, -0.2) is 412 Å². The van der Waals surface area contributed by atoms with E-state index in [0.717, 1.165) is 33.3 Å². The molecule has 0 aromatic carbocycles. The normalized spacial score (nSPS) is 1.94. The van der Waals surface area contributed by atoms with Crippen LogP contribution in [-0.2, 0) is 70.1 Å². The summed E-state index contributed by atoms with van der Waals surface area (Å²) in [5, 5.41) is 28.8. The second-order valence-electron chi connectivity index (χ2n) is 1.03. The van der Waals surface area contributed by atoms with E-state index in [1.165, 1.54) is 16.2 Å². The third-order valence-electron chi connectivity index (χ3n) is 0.0680. The molecule has 0 fully saturated rings. The second kappa shape index (κ2) is 1180. The fraction of sp³-hybridized carbons (Fsp3) is 0.783. The van der Waals surface area contributed by atoms with Gasteiger partial charge < -0.3 is 96.4 Å². The van der Waals surface area contributed by atoms with Gasteiger partial charge in [0, 0.05) is 17.4 Å². The van der Waals surface area contributed by atoms with Crippen LogP contribution in [0.2, 0.25) is 0 Å². The minimum absolute atomic E-state index is 0. The maximum absolute atomic E-state index is 8.91. The van der Waals surface area contributed by atoms with Crippen molar-refractivity contribution >= 4 is 374 Å². The van der Waals surface area contributed by atoms with Crippen molar-refractivity contribution in [1.82, 2.24) is 0 Å². The molecule has 0 aromatic heterocycles. The quantitative estimate of drug-likeness (QED) is 0.0820. The zero-order chi connectivity index (χ0) is 33.9. The van der Waals surface area contributed by atoms with Gasteiger partial charge in [-0.15, -0.1) is 0 Å². The van der Waals surface area contributed by atoms with Crippen LogP contribution in [0.3, 0.4) is 0 Å². The first kappa shape index (κ1) is 462. The van der Waals surface area contributed by atoms with Gasteiger partial charge >= 0.3 is 357 Å². The zero-order valence-electron chi connectivity index (χ0n) is 27.2. The second-order valence-corrected chi connectivity index (χ2v) is 2.21. The van der Waals surface area contributed by atoms with E-state index in [9.17, 15) is 0 Å². The molecule has 14 N–H and O–H groups in total. The minimum atomic E-state index is -3.43. The first-order valence-electron chi connectivity index (χ1n) is 5.94. The Morgan fingerprint density at radius 1 is 0.557 bits per heavy atom. The molecule has 0 saturated heterocycles. The number of hydrogen-bond donors (Lipinski definition) is 4. The van der Waals surface area contributed by atoms with Crippen molar-refractivity contribution < 1.29 is 176 Å². The van der Waals surface area contributed by atoms with E-state index in [4.69, 9.17) is 95.7 Å². The van der Waals surface area contributed by atoms with Gasteiger partial charge in [-0.25, -0.2) is 0 Å². The molecule has 70 heavy (non-hydrogen) atoms. The van der Waals surface area contributed by atoms with Crippen molar-refractivity contribution in [3.8, 4) is 0 Å². The van der Waals surface area contributed by atoms with Crippen LogP contribution in [0, 0.1) is 0 Å². The summed E-state index contributed by atoms with van der Waals surface area (Å²) in [6.07, 6.45) is 0.500. The predicted molar refractivity (Wildman–Crippen MR) is 282 cm³/mol. The van der Waals surface area contributed by atoms with Gasteiger partial charge in [-0.3, -0.25) is 17.8 Å². The van der Waals surface area contributed by atoms with Crippen LogP contribution in [0.15, 0.2) is 0 Å². The molecule has 47 heteroatoms. The van der Waals surface area contributed by atoms with E-state index in [0.29, 0.717) is 19.4 Å². The predicted octanol–water partition coefficient (Wildman–Crippen LogP) is -8.58. The van der Waals surface area contributed by atoms with Crippen molar-refractivity contribution in [2.45, 2.75) is 134 Å². The average molecular weight is 1330 g/mol. The van der Waals surface area contributed by atoms with Crippen LogP contribution in [0.1, 0.15) is 134 Å². The summed E-state index contributed by atoms with van der Waals surface area (Å²) in [6.45, 7) is 5.71. The number of hydrogen-bond acceptors (Lipinski definition) is 23. The molecule has 0 amide bonds. The van der Waals surface area contributed by atoms with Gasteiger partial charge in [-0.05, 0) is 0 Å². The number of rotatable bonds is 1. The van der Waals surface area contributed by atoms with Crippen LogP contribution in [0.4, 0.5) is 0 Å². The summed E-state index contributed by atoms with van der Waals surface area (Å²) in [6, 6.07) is 0. The zero-order valence-corrected chi connectivity index (χ0v) is 48.6. The Morgan fingerprint density at radius 2 is 0.571 bits per heavy atom. The van der Waals surface area contributed by atoms with Crippen LogP contribution < -0.4 is 47.8 Å². The fourth-order valence-corrected chi connectivity index (χ4v) is 0. The maximum atomic E-state index is 8.91. The topological polar surface area (TPSA) is 607 Å². The van der Waals surface area contributed by atoms with Crippen molar-refractivity contribution in [2.75, 3.05) is 0 Å². The Kier molecular flexibility index (Phi) is 7760. The molecule has 0 aliphatic carbocycles. The molecule has 0 aromatic rings. The van der Waals surface area contributed by atoms with Crippen molar-refractivity contribution in [3.63, 3.8) is 0 Å². The molecule has 0 rings (SSSR count). The number of aliphatic hydroxyl groups excluding tert-OH is 3. The summed E-state index contributed by atoms with van der Waals surface area (Å²) in [5.74, 6) is 0. The van der Waals surface area contributed by atoms with E-state index in [2.05, 4.69) is 11.2 Å². The van der Waals surface area contributed by atoms with Crippen molar-refractivity contribution in [2.24, 2.45) is 0 Å². The van der Waals surface area contributed by atoms with Gasteiger partial charge in [-0.2, -0.15) is 32.7 Å². The monoisotopic (exact) mass is 1330 g/mol. The van der Waals surface area contributed by atoms with E-state index in [-0.39, 0.29) is 440 Å². The summed E-state index contributed by atoms with van der Waals surface area (Å²) >= 11 is 6.25. The Balaban J connectivity index is -0.00000000196. The molecule has 0 spiro atoms. The van der Waals surface area contributed by atoms with Gasteiger partial charge in [0.2, 0.25) is 0 Å². The van der Waals surface area contributed by atoms with Crippen molar-refractivity contribution in [1.29, 1.82) is 0 Å². The summed E-state index contributed by atoms with van der Waals surface area (Å²) in [4.78, 5) is 73.2. The Bertz CT molecular complexity index is 528. The first-order chi connectivity index (χ1) is 17.6. The summed E-state index contributed by atoms with van der Waals surface area (Å²) in [5.41, 5.74) is 0. The van der Waals surface area contributed by atoms with Crippen LogP contribution in [0.5, 0.6) is 0 Å². The Hall–Kier alpha value is 7.10. The van der Waals surface area contributed by atoms with Gasteiger partial charge in [0.1, 0.15) is 0 Å². The molecule has 0 atom stereocenters. The van der Waals surface area contributed by atoms with E-state index in [1.54, 1.807) is 0 Å². The molecule has 29 nitrogen and oxygen atoms in total. The third-order valence-corrected chi connectivity index (χ3v) is 0.204. The molecular weight excluding hydrogens is 1240 g/mol. The van der Waals surface area contributed by atoms with Gasteiger partial charge in [0.15, 0.2) is 0 Å². The Labute approximate surface area is 670 Å².